The summed E-state index contributed by atoms with van der Waals surface area (Å²) in [7, 11) is 0. The number of hydrogen-bond acceptors (Lipinski definition) is 2. The van der Waals surface area contributed by atoms with Gasteiger partial charge >= 0.3 is 0 Å². The zero-order valence-electron chi connectivity index (χ0n) is 45.7. The lowest BCUT2D eigenvalue weighted by Crippen LogP contribution is -2.16. The fourth-order valence-corrected chi connectivity index (χ4v) is 14.9. The lowest BCUT2D eigenvalue weighted by Gasteiger charge is -2.32. The first kappa shape index (κ1) is 48.2. The van der Waals surface area contributed by atoms with E-state index in [4.69, 9.17) is 0 Å². The molecule has 0 N–H and O–H groups in total. The second-order valence-corrected chi connectivity index (χ2v) is 23.5. The van der Waals surface area contributed by atoms with Crippen LogP contribution in [-0.2, 0) is 18.3 Å². The smallest absolute Gasteiger partial charge is 0.0543 e. The van der Waals surface area contributed by atoms with Crippen molar-refractivity contribution in [2.45, 2.75) is 63.7 Å². The first-order valence-corrected chi connectivity index (χ1v) is 29.1. The molecule has 80 heavy (non-hydrogen) atoms. The van der Waals surface area contributed by atoms with E-state index in [1.54, 1.807) is 0 Å². The molecule has 386 valence electrons. The summed E-state index contributed by atoms with van der Waals surface area (Å²) in [6.45, 7) is 4.74. The van der Waals surface area contributed by atoms with Gasteiger partial charge in [-0.1, -0.05) is 208 Å². The highest BCUT2D eigenvalue weighted by atomic mass is 15.2. The molecule has 0 aromatic heterocycles. The molecule has 2 saturated carbocycles. The van der Waals surface area contributed by atoms with Crippen molar-refractivity contribution in [3.63, 3.8) is 0 Å². The van der Waals surface area contributed by atoms with Gasteiger partial charge in [-0.05, 0) is 206 Å². The summed E-state index contributed by atoms with van der Waals surface area (Å²) < 4.78 is 0. The van der Waals surface area contributed by atoms with Crippen molar-refractivity contribution in [1.29, 1.82) is 0 Å². The second kappa shape index (κ2) is 19.7. The van der Waals surface area contributed by atoms with Crippen LogP contribution in [0, 0.1) is 11.8 Å². The third-order valence-corrected chi connectivity index (χ3v) is 18.6. The Balaban J connectivity index is 0.975. The van der Waals surface area contributed by atoms with Gasteiger partial charge in [0.1, 0.15) is 0 Å². The molecule has 2 nitrogen and oxygen atoms in total. The molecule has 4 aliphatic rings. The van der Waals surface area contributed by atoms with E-state index in [1.807, 2.05) is 0 Å². The van der Waals surface area contributed by atoms with E-state index < -0.39 is 0 Å². The Morgan fingerprint density at radius 3 is 1.38 bits per heavy atom. The normalized spacial score (nSPS) is 17.1. The van der Waals surface area contributed by atoms with Crippen LogP contribution in [0.1, 0.15) is 84.4 Å². The van der Waals surface area contributed by atoms with Gasteiger partial charge in [-0.3, -0.25) is 0 Å². The molecular weight excluding hydrogens is 965 g/mol. The van der Waals surface area contributed by atoms with Crippen molar-refractivity contribution >= 4 is 34.1 Å². The van der Waals surface area contributed by atoms with E-state index in [0.717, 1.165) is 53.1 Å². The SMILES string of the molecule is CC1(C)c2ccccc2-c2cc(N(c3ccccc3)c3cc4c(cc3-c3ccccc3)-c3ccccc3Cc3cc(N(c5ccccc5)c5ccccc5)c(-c5ccccc5C5CC6CCC5C6)cc3-c3ccccc3C4)ccc21. The summed E-state index contributed by atoms with van der Waals surface area (Å²) in [4.78, 5) is 5.04. The molecule has 3 unspecified atom stereocenters. The largest absolute Gasteiger partial charge is 0.310 e. The number of para-hydroxylation sites is 3. The minimum atomic E-state index is -0.0963. The molecule has 0 amide bonds. The first-order valence-electron chi connectivity index (χ1n) is 29.1. The molecule has 0 saturated heterocycles. The molecule has 3 atom stereocenters. The monoisotopic (exact) mass is 1030 g/mol. The standard InChI is InChI=1S/C78H64N2/c1-78(2)74-38-22-21-37-67(74)72-49-62(41-42-75(72)78)80(61-31-13-6-14-32-61)76-47-57-45-55-26-16-18-34-64(55)70-51-73(66-36-20-19-35-65(66)68-44-52-39-40-56(68)43-52)77(79(59-27-9-4-10-28-59)60-29-11-5-12-30-60)48-58(70)46-54-25-15-17-33-63(54)69(57)50-71(76)53-23-7-3-8-24-53/h3-38,41-42,47-52,56,68H,39-40,43-46H2,1-2H3. The lowest BCUT2D eigenvalue weighted by atomic mass is 9.78. The summed E-state index contributed by atoms with van der Waals surface area (Å²) in [6.07, 6.45) is 6.87. The molecule has 0 spiro atoms. The highest BCUT2D eigenvalue weighted by Crippen LogP contribution is 2.57. The van der Waals surface area contributed by atoms with Crippen LogP contribution in [0.3, 0.4) is 0 Å². The highest BCUT2D eigenvalue weighted by Gasteiger charge is 2.41. The van der Waals surface area contributed by atoms with Crippen LogP contribution in [-0.4, -0.2) is 0 Å². The highest BCUT2D eigenvalue weighted by molar-refractivity contribution is 5.97. The van der Waals surface area contributed by atoms with Crippen LogP contribution >= 0.6 is 0 Å². The molecule has 4 aliphatic carbocycles. The van der Waals surface area contributed by atoms with Crippen molar-refractivity contribution in [3.05, 3.63) is 300 Å². The van der Waals surface area contributed by atoms with Gasteiger partial charge in [-0.25, -0.2) is 0 Å². The van der Waals surface area contributed by atoms with E-state index in [1.165, 1.54) is 126 Å². The predicted octanol–water partition coefficient (Wildman–Crippen LogP) is 21.0. The van der Waals surface area contributed by atoms with Crippen molar-refractivity contribution in [1.82, 2.24) is 0 Å². The van der Waals surface area contributed by atoms with Gasteiger partial charge in [0, 0.05) is 39.3 Å². The van der Waals surface area contributed by atoms with Crippen LogP contribution < -0.4 is 9.80 Å². The summed E-state index contributed by atoms with van der Waals surface area (Å²) in [5, 5.41) is 0. The molecule has 0 aliphatic heterocycles. The molecule has 0 heterocycles. The minimum Gasteiger partial charge on any atom is -0.310 e. The van der Waals surface area contributed by atoms with Crippen LogP contribution in [0.15, 0.2) is 261 Å². The molecule has 11 aromatic rings. The van der Waals surface area contributed by atoms with Gasteiger partial charge in [-0.2, -0.15) is 0 Å². The van der Waals surface area contributed by atoms with E-state index in [-0.39, 0.29) is 5.41 Å². The first-order chi connectivity index (χ1) is 39.4. The summed E-state index contributed by atoms with van der Waals surface area (Å²) in [5.41, 5.74) is 29.1. The van der Waals surface area contributed by atoms with E-state index in [2.05, 4.69) is 285 Å². The van der Waals surface area contributed by atoms with Crippen molar-refractivity contribution < 1.29 is 0 Å². The van der Waals surface area contributed by atoms with Crippen molar-refractivity contribution in [2.24, 2.45) is 11.8 Å². The Labute approximate surface area is 472 Å². The minimum absolute atomic E-state index is 0.0963. The quantitative estimate of drug-likeness (QED) is 0.142. The van der Waals surface area contributed by atoms with Crippen molar-refractivity contribution in [3.8, 4) is 55.6 Å². The van der Waals surface area contributed by atoms with Crippen molar-refractivity contribution in [2.75, 3.05) is 9.80 Å². The van der Waals surface area contributed by atoms with Gasteiger partial charge in [0.25, 0.3) is 0 Å². The van der Waals surface area contributed by atoms with Gasteiger partial charge in [0.2, 0.25) is 0 Å². The Morgan fingerprint density at radius 1 is 0.325 bits per heavy atom. The summed E-state index contributed by atoms with van der Waals surface area (Å²) in [6, 6.07) is 98.7. The Bertz CT molecular complexity index is 4080. The van der Waals surface area contributed by atoms with Gasteiger partial charge < -0.3 is 9.80 Å². The zero-order chi connectivity index (χ0) is 53.3. The Hall–Kier alpha value is -8.98. The third-order valence-electron chi connectivity index (χ3n) is 18.6. The molecule has 11 aromatic carbocycles. The molecule has 0 radical (unpaired) electrons. The van der Waals surface area contributed by atoms with Crippen LogP contribution in [0.4, 0.5) is 34.1 Å². The fourth-order valence-electron chi connectivity index (χ4n) is 14.9. The molecule has 2 bridgehead atoms. The Kier molecular flexibility index (Phi) is 11.9. The Morgan fingerprint density at radius 2 is 0.800 bits per heavy atom. The van der Waals surface area contributed by atoms with Crippen LogP contribution in [0.25, 0.3) is 55.6 Å². The lowest BCUT2D eigenvalue weighted by molar-refractivity contribution is 0.420. The fraction of sp³-hybridized carbons (Fsp3) is 0.154. The number of anilines is 6. The maximum Gasteiger partial charge on any atom is 0.0543 e. The maximum absolute atomic E-state index is 2.61. The number of hydrogen-bond donors (Lipinski definition) is 0. The average molecular weight is 1030 g/mol. The maximum atomic E-state index is 2.61. The summed E-state index contributed by atoms with van der Waals surface area (Å²) >= 11 is 0. The molecule has 15 rings (SSSR count). The van der Waals surface area contributed by atoms with Gasteiger partial charge in [0.05, 0.1) is 11.4 Å². The van der Waals surface area contributed by atoms with Crippen LogP contribution in [0.2, 0.25) is 0 Å². The molecule has 2 heteroatoms. The topological polar surface area (TPSA) is 6.48 Å². The average Bonchev–Trinajstić information content (AvgIpc) is 4.32. The van der Waals surface area contributed by atoms with Crippen LogP contribution in [0.5, 0.6) is 0 Å². The third kappa shape index (κ3) is 8.23. The number of nitrogens with zero attached hydrogens (tertiary/aromatic N) is 2. The van der Waals surface area contributed by atoms with E-state index in [0.29, 0.717) is 5.92 Å². The second-order valence-electron chi connectivity index (χ2n) is 23.5. The van der Waals surface area contributed by atoms with E-state index >= 15 is 0 Å². The van der Waals surface area contributed by atoms with Gasteiger partial charge in [0.15, 0.2) is 0 Å². The molecule has 2 fully saturated rings. The number of fused-ring (bicyclic) bond motifs is 11. The number of benzene rings is 11. The summed E-state index contributed by atoms with van der Waals surface area (Å²) in [5.74, 6) is 2.15. The number of rotatable bonds is 9. The van der Waals surface area contributed by atoms with E-state index in [9.17, 15) is 0 Å². The van der Waals surface area contributed by atoms with Gasteiger partial charge in [-0.15, -0.1) is 0 Å². The molecular formula is C78H64N2. The zero-order valence-corrected chi connectivity index (χ0v) is 45.7. The predicted molar refractivity (Wildman–Crippen MR) is 335 cm³/mol.